The van der Waals surface area contributed by atoms with E-state index in [1.54, 1.807) is 0 Å². The molecule has 1 fully saturated rings. The minimum absolute atomic E-state index is 0.155. The van der Waals surface area contributed by atoms with Gasteiger partial charge in [0, 0.05) is 6.54 Å². The number of nitrogens with zero attached hydrogens (tertiary/aromatic N) is 1. The molecule has 0 radical (unpaired) electrons. The van der Waals surface area contributed by atoms with Crippen molar-refractivity contribution in [1.29, 1.82) is 0 Å². The van der Waals surface area contributed by atoms with Crippen molar-refractivity contribution in [2.75, 3.05) is 12.8 Å². The summed E-state index contributed by atoms with van der Waals surface area (Å²) >= 11 is 0. The molecule has 0 saturated carbocycles. The fraction of sp³-hybridized carbons (Fsp3) is 0.462. The first-order chi connectivity index (χ1) is 9.46. The van der Waals surface area contributed by atoms with Crippen molar-refractivity contribution >= 4 is 16.2 Å². The molecule has 1 saturated heterocycles. The molecule has 0 bridgehead atoms. The van der Waals surface area contributed by atoms with E-state index in [0.717, 1.165) is 11.8 Å². The van der Waals surface area contributed by atoms with Crippen molar-refractivity contribution in [3.63, 3.8) is 0 Å². The van der Waals surface area contributed by atoms with Gasteiger partial charge in [-0.3, -0.25) is 4.90 Å². The molecule has 1 unspecified atom stereocenters. The minimum atomic E-state index is -3.59. The van der Waals surface area contributed by atoms with Crippen LogP contribution in [0.5, 0.6) is 0 Å². The van der Waals surface area contributed by atoms with Crippen LogP contribution in [-0.4, -0.2) is 38.4 Å². The maximum atomic E-state index is 11.9. The average molecular weight is 299 g/mol. The van der Waals surface area contributed by atoms with Crippen LogP contribution < -0.4 is 0 Å². The summed E-state index contributed by atoms with van der Waals surface area (Å²) in [6, 6.07) is 9.29. The van der Waals surface area contributed by atoms with Gasteiger partial charge in [-0.25, -0.2) is 8.98 Å². The van der Waals surface area contributed by atoms with Crippen molar-refractivity contribution in [3.8, 4) is 0 Å². The number of hydrogen-bond acceptors (Lipinski definition) is 5. The van der Waals surface area contributed by atoms with Crippen LogP contribution >= 0.6 is 0 Å². The highest BCUT2D eigenvalue weighted by Gasteiger charge is 2.33. The molecule has 1 aliphatic rings. The number of amides is 1. The van der Waals surface area contributed by atoms with Gasteiger partial charge in [0.1, 0.15) is 6.61 Å². The molecule has 20 heavy (non-hydrogen) atoms. The molecule has 2 rings (SSSR count). The zero-order valence-corrected chi connectivity index (χ0v) is 12.0. The van der Waals surface area contributed by atoms with E-state index in [9.17, 15) is 13.2 Å². The van der Waals surface area contributed by atoms with Gasteiger partial charge in [-0.05, 0) is 18.4 Å². The van der Waals surface area contributed by atoms with E-state index in [2.05, 4.69) is 0 Å². The third kappa shape index (κ3) is 4.21. The van der Waals surface area contributed by atoms with Crippen LogP contribution in [0.1, 0.15) is 18.4 Å². The summed E-state index contributed by atoms with van der Waals surface area (Å²) in [7, 11) is -3.59. The maximum Gasteiger partial charge on any atom is 0.412 e. The minimum Gasteiger partial charge on any atom is -0.444 e. The second-order valence-electron chi connectivity index (χ2n) is 4.63. The van der Waals surface area contributed by atoms with E-state index in [0.29, 0.717) is 19.4 Å². The first-order valence-corrected chi connectivity index (χ1v) is 8.13. The standard InChI is InChI=1S/C13H17NO5S/c1-20(16,17)19-12-8-5-9-14(12)13(15)18-10-11-6-3-2-4-7-11/h2-4,6-7,12H,5,8-10H2,1H3. The second kappa shape index (κ2) is 6.23. The molecule has 1 heterocycles. The van der Waals surface area contributed by atoms with Crippen LogP contribution in [-0.2, 0) is 25.6 Å². The van der Waals surface area contributed by atoms with Crippen molar-refractivity contribution in [3.05, 3.63) is 35.9 Å². The molecule has 0 aromatic heterocycles. The molecule has 6 nitrogen and oxygen atoms in total. The van der Waals surface area contributed by atoms with Crippen molar-refractivity contribution in [2.24, 2.45) is 0 Å². The normalized spacial score (nSPS) is 19.1. The number of carbonyl (C=O) groups excluding carboxylic acids is 1. The Morgan fingerprint density at radius 1 is 1.35 bits per heavy atom. The monoisotopic (exact) mass is 299 g/mol. The summed E-state index contributed by atoms with van der Waals surface area (Å²) in [5.41, 5.74) is 0.876. The highest BCUT2D eigenvalue weighted by molar-refractivity contribution is 7.86. The Bertz CT molecular complexity index is 557. The van der Waals surface area contributed by atoms with Crippen molar-refractivity contribution in [1.82, 2.24) is 4.90 Å². The quantitative estimate of drug-likeness (QED) is 0.792. The molecule has 1 aromatic carbocycles. The van der Waals surface area contributed by atoms with E-state index in [1.807, 2.05) is 30.3 Å². The van der Waals surface area contributed by atoms with Crippen molar-refractivity contribution < 1.29 is 22.1 Å². The van der Waals surface area contributed by atoms with Gasteiger partial charge >= 0.3 is 6.09 Å². The number of rotatable bonds is 4. The van der Waals surface area contributed by atoms with E-state index in [1.165, 1.54) is 4.90 Å². The summed E-state index contributed by atoms with van der Waals surface area (Å²) in [6.45, 7) is 0.593. The molecule has 110 valence electrons. The molecule has 1 atom stereocenters. The number of benzene rings is 1. The lowest BCUT2D eigenvalue weighted by molar-refractivity contribution is 0.0396. The fourth-order valence-corrected chi connectivity index (χ4v) is 2.65. The Labute approximate surface area is 118 Å². The Kier molecular flexibility index (Phi) is 4.61. The summed E-state index contributed by atoms with van der Waals surface area (Å²) < 4.78 is 32.3. The van der Waals surface area contributed by atoms with E-state index >= 15 is 0 Å². The predicted octanol–water partition coefficient (Wildman–Crippen LogP) is 1.72. The van der Waals surface area contributed by atoms with Gasteiger partial charge in [-0.1, -0.05) is 30.3 Å². The Morgan fingerprint density at radius 2 is 2.05 bits per heavy atom. The third-order valence-corrected chi connectivity index (χ3v) is 3.49. The zero-order chi connectivity index (χ0) is 14.6. The Morgan fingerprint density at radius 3 is 2.70 bits per heavy atom. The molecule has 0 N–H and O–H groups in total. The van der Waals surface area contributed by atoms with Crippen LogP contribution in [0.2, 0.25) is 0 Å². The molecule has 0 aliphatic carbocycles. The van der Waals surface area contributed by atoms with Gasteiger partial charge in [0.2, 0.25) is 0 Å². The Balaban J connectivity index is 1.91. The van der Waals surface area contributed by atoms with E-state index in [-0.39, 0.29) is 6.61 Å². The average Bonchev–Trinajstić information content (AvgIpc) is 2.83. The number of likely N-dealkylation sites (tertiary alicyclic amines) is 1. The van der Waals surface area contributed by atoms with Gasteiger partial charge in [-0.15, -0.1) is 0 Å². The lowest BCUT2D eigenvalue weighted by Gasteiger charge is -2.22. The highest BCUT2D eigenvalue weighted by Crippen LogP contribution is 2.21. The summed E-state index contributed by atoms with van der Waals surface area (Å²) in [5, 5.41) is 0. The SMILES string of the molecule is CS(=O)(=O)OC1CCCN1C(=O)OCc1ccccc1. The molecule has 1 aliphatic heterocycles. The lowest BCUT2D eigenvalue weighted by atomic mass is 10.2. The molecule has 7 heteroatoms. The van der Waals surface area contributed by atoms with Gasteiger partial charge < -0.3 is 4.74 Å². The number of hydrogen-bond donors (Lipinski definition) is 0. The van der Waals surface area contributed by atoms with Crippen molar-refractivity contribution in [2.45, 2.75) is 25.7 Å². The molecule has 1 amide bonds. The first kappa shape index (κ1) is 14.8. The summed E-state index contributed by atoms with van der Waals surface area (Å²) in [4.78, 5) is 13.3. The first-order valence-electron chi connectivity index (χ1n) is 6.31. The zero-order valence-electron chi connectivity index (χ0n) is 11.2. The smallest absolute Gasteiger partial charge is 0.412 e. The summed E-state index contributed by atoms with van der Waals surface area (Å²) in [6.07, 6.45) is 0.848. The van der Waals surface area contributed by atoms with E-state index < -0.39 is 22.4 Å². The Hall–Kier alpha value is -1.60. The van der Waals surface area contributed by atoms with Crippen LogP contribution in [0, 0.1) is 0 Å². The predicted molar refractivity (Wildman–Crippen MR) is 72.3 cm³/mol. The number of carbonyl (C=O) groups is 1. The second-order valence-corrected chi connectivity index (χ2v) is 6.23. The third-order valence-electron chi connectivity index (χ3n) is 2.92. The molecular formula is C13H17NO5S. The summed E-state index contributed by atoms with van der Waals surface area (Å²) in [5.74, 6) is 0. The van der Waals surface area contributed by atoms with Gasteiger partial charge in [0.25, 0.3) is 10.1 Å². The topological polar surface area (TPSA) is 72.9 Å². The largest absolute Gasteiger partial charge is 0.444 e. The van der Waals surface area contributed by atoms with Gasteiger partial charge in [0.15, 0.2) is 6.23 Å². The number of ether oxygens (including phenoxy) is 1. The van der Waals surface area contributed by atoms with Crippen LogP contribution in [0.25, 0.3) is 0 Å². The van der Waals surface area contributed by atoms with Crippen LogP contribution in [0.3, 0.4) is 0 Å². The fourth-order valence-electron chi connectivity index (χ4n) is 2.05. The van der Waals surface area contributed by atoms with Crippen LogP contribution in [0.4, 0.5) is 4.79 Å². The van der Waals surface area contributed by atoms with Gasteiger partial charge in [-0.2, -0.15) is 8.42 Å². The lowest BCUT2D eigenvalue weighted by Crippen LogP contribution is -2.38. The van der Waals surface area contributed by atoms with Crippen LogP contribution in [0.15, 0.2) is 30.3 Å². The maximum absolute atomic E-state index is 11.9. The highest BCUT2D eigenvalue weighted by atomic mass is 32.2. The van der Waals surface area contributed by atoms with Gasteiger partial charge in [0.05, 0.1) is 6.26 Å². The molecular weight excluding hydrogens is 282 g/mol. The molecule has 1 aromatic rings. The molecule has 0 spiro atoms. The van der Waals surface area contributed by atoms with E-state index in [4.69, 9.17) is 8.92 Å².